The highest BCUT2D eigenvalue weighted by molar-refractivity contribution is 7.90. The first-order chi connectivity index (χ1) is 17.0. The highest BCUT2D eigenvalue weighted by atomic mass is 32.2. The van der Waals surface area contributed by atoms with E-state index >= 15 is 0 Å². The van der Waals surface area contributed by atoms with Crippen LogP contribution in [0.5, 0.6) is 0 Å². The van der Waals surface area contributed by atoms with Gasteiger partial charge in [0, 0.05) is 29.6 Å². The van der Waals surface area contributed by atoms with E-state index < -0.39 is 15.7 Å². The Hall–Kier alpha value is -4.10. The molecule has 5 rings (SSSR count). The van der Waals surface area contributed by atoms with E-state index in [4.69, 9.17) is 4.42 Å². The zero-order chi connectivity index (χ0) is 24.3. The number of para-hydroxylation sites is 1. The Bertz CT molecular complexity index is 1550. The molecule has 0 aliphatic rings. The number of rotatable bonds is 8. The second-order valence-corrected chi connectivity index (χ2v) is 10.3. The number of furan rings is 1. The molecular weight excluding hydrogens is 460 g/mol. The third kappa shape index (κ3) is 4.90. The fourth-order valence-corrected chi connectivity index (χ4v) is 5.50. The number of benzene rings is 3. The number of aromatic amines is 1. The van der Waals surface area contributed by atoms with Gasteiger partial charge in [-0.15, -0.1) is 0 Å². The van der Waals surface area contributed by atoms with Crippen LogP contribution in [0, 0.1) is 0 Å². The van der Waals surface area contributed by atoms with Crippen molar-refractivity contribution in [2.24, 2.45) is 0 Å². The number of hydrogen-bond donors (Lipinski definition) is 2. The molecule has 1 unspecified atom stereocenters. The molecular formula is C28H24N2O4S. The van der Waals surface area contributed by atoms with E-state index in [1.165, 1.54) is 12.1 Å². The maximum Gasteiger partial charge on any atom is 0.287 e. The Morgan fingerprint density at radius 3 is 2.31 bits per heavy atom. The minimum Gasteiger partial charge on any atom is -0.455 e. The van der Waals surface area contributed by atoms with Crippen LogP contribution in [0.4, 0.5) is 0 Å². The normalized spacial score (nSPS) is 12.5. The zero-order valence-electron chi connectivity index (χ0n) is 18.8. The Kier molecular flexibility index (Phi) is 6.25. The van der Waals surface area contributed by atoms with Gasteiger partial charge < -0.3 is 14.7 Å². The second-order valence-electron chi connectivity index (χ2n) is 8.30. The van der Waals surface area contributed by atoms with Crippen molar-refractivity contribution < 1.29 is 17.6 Å². The molecule has 0 saturated carbocycles. The highest BCUT2D eigenvalue weighted by Crippen LogP contribution is 2.30. The molecule has 176 valence electrons. The number of amides is 1. The summed E-state index contributed by atoms with van der Waals surface area (Å²) in [6.07, 6.45) is 1.98. The monoisotopic (exact) mass is 484 g/mol. The highest BCUT2D eigenvalue weighted by Gasteiger charge is 2.22. The first-order valence-electron chi connectivity index (χ1n) is 11.3. The van der Waals surface area contributed by atoms with Gasteiger partial charge in [0.15, 0.2) is 15.6 Å². The molecule has 1 atom stereocenters. The Morgan fingerprint density at radius 1 is 0.857 bits per heavy atom. The molecule has 0 saturated heterocycles. The largest absolute Gasteiger partial charge is 0.455 e. The van der Waals surface area contributed by atoms with Crippen LogP contribution in [0.15, 0.2) is 113 Å². The fourth-order valence-electron chi connectivity index (χ4n) is 4.23. The van der Waals surface area contributed by atoms with Crippen LogP contribution in [0.25, 0.3) is 10.9 Å². The third-order valence-corrected chi connectivity index (χ3v) is 7.64. The van der Waals surface area contributed by atoms with E-state index in [-0.39, 0.29) is 28.1 Å². The lowest BCUT2D eigenvalue weighted by Crippen LogP contribution is -2.28. The van der Waals surface area contributed by atoms with Crippen molar-refractivity contribution in [3.63, 3.8) is 0 Å². The van der Waals surface area contributed by atoms with Gasteiger partial charge in [0.25, 0.3) is 5.91 Å². The summed E-state index contributed by atoms with van der Waals surface area (Å²) < 4.78 is 30.9. The number of hydrogen-bond acceptors (Lipinski definition) is 4. The van der Waals surface area contributed by atoms with Crippen LogP contribution in [0.2, 0.25) is 0 Å². The fraction of sp³-hybridized carbons (Fsp3) is 0.107. The number of fused-ring (bicyclic) bond motifs is 1. The predicted molar refractivity (Wildman–Crippen MR) is 135 cm³/mol. The number of aromatic nitrogens is 1. The van der Waals surface area contributed by atoms with Gasteiger partial charge in [0.2, 0.25) is 0 Å². The lowest BCUT2D eigenvalue weighted by molar-refractivity contribution is 0.0923. The van der Waals surface area contributed by atoms with E-state index in [0.29, 0.717) is 6.54 Å². The van der Waals surface area contributed by atoms with Crippen LogP contribution >= 0.6 is 0 Å². The lowest BCUT2D eigenvalue weighted by atomic mass is 9.91. The van der Waals surface area contributed by atoms with Crippen LogP contribution in [0.3, 0.4) is 0 Å². The molecule has 0 spiro atoms. The minimum absolute atomic E-state index is 0.0778. The summed E-state index contributed by atoms with van der Waals surface area (Å²) in [6.45, 7) is 0.350. The summed E-state index contributed by atoms with van der Waals surface area (Å²) in [5.74, 6) is -0.491. The quantitative estimate of drug-likeness (QED) is 0.313. The van der Waals surface area contributed by atoms with Gasteiger partial charge in [-0.3, -0.25) is 4.79 Å². The van der Waals surface area contributed by atoms with Crippen LogP contribution in [0.1, 0.15) is 33.4 Å². The van der Waals surface area contributed by atoms with Crippen LogP contribution in [-0.4, -0.2) is 25.9 Å². The first-order valence-corrected chi connectivity index (χ1v) is 12.9. The van der Waals surface area contributed by atoms with E-state index in [1.54, 1.807) is 30.3 Å². The summed E-state index contributed by atoms with van der Waals surface area (Å²) in [4.78, 5) is 16.4. The molecule has 7 heteroatoms. The molecule has 3 aromatic carbocycles. The van der Waals surface area contributed by atoms with E-state index in [2.05, 4.69) is 16.4 Å². The van der Waals surface area contributed by atoms with Crippen LogP contribution < -0.4 is 5.32 Å². The van der Waals surface area contributed by atoms with Crippen molar-refractivity contribution in [3.8, 4) is 0 Å². The van der Waals surface area contributed by atoms with Crippen molar-refractivity contribution in [1.29, 1.82) is 0 Å². The van der Waals surface area contributed by atoms with Gasteiger partial charge >= 0.3 is 0 Å². The van der Waals surface area contributed by atoms with E-state index in [1.807, 2.05) is 54.7 Å². The van der Waals surface area contributed by atoms with Gasteiger partial charge in [-0.25, -0.2) is 8.42 Å². The second kappa shape index (κ2) is 9.64. The minimum atomic E-state index is -3.57. The van der Waals surface area contributed by atoms with Gasteiger partial charge in [-0.1, -0.05) is 66.7 Å². The summed E-state index contributed by atoms with van der Waals surface area (Å²) in [7, 11) is -3.57. The number of carbonyl (C=O) groups excluding carboxylic acids is 1. The van der Waals surface area contributed by atoms with Crippen molar-refractivity contribution in [1.82, 2.24) is 10.3 Å². The van der Waals surface area contributed by atoms with Gasteiger partial charge in [0.1, 0.15) is 11.5 Å². The molecule has 1 amide bonds. The van der Waals surface area contributed by atoms with Crippen LogP contribution in [-0.2, 0) is 15.6 Å². The predicted octanol–water partition coefficient (Wildman–Crippen LogP) is 5.30. The molecule has 0 fully saturated rings. The number of sulfone groups is 1. The molecule has 5 aromatic rings. The van der Waals surface area contributed by atoms with E-state index in [0.717, 1.165) is 22.0 Å². The van der Waals surface area contributed by atoms with Gasteiger partial charge in [-0.05, 0) is 41.5 Å². The summed E-state index contributed by atoms with van der Waals surface area (Å²) in [5, 5.41) is 4.06. The van der Waals surface area contributed by atoms with Crippen molar-refractivity contribution in [3.05, 3.63) is 126 Å². The standard InChI is InChI=1S/C28H24N2O4S/c31-28(27-16-15-21(34-27)19-35(32,33)22-11-5-2-6-12-22)30-17-24(20-9-3-1-4-10-20)25-18-29-26-14-8-7-13-23(25)26/h1-16,18,24,29H,17,19H2,(H,30,31). The molecule has 35 heavy (non-hydrogen) atoms. The van der Waals surface area contributed by atoms with Crippen molar-refractivity contribution >= 4 is 26.6 Å². The topological polar surface area (TPSA) is 92.2 Å². The summed E-state index contributed by atoms with van der Waals surface area (Å²) in [6, 6.07) is 29.3. The SMILES string of the molecule is O=C(NCC(c1ccccc1)c1c[nH]c2ccccc12)c1ccc(CS(=O)(=O)c2ccccc2)o1. The molecule has 0 bridgehead atoms. The summed E-state index contributed by atoms with van der Waals surface area (Å²) in [5.41, 5.74) is 3.19. The lowest BCUT2D eigenvalue weighted by Gasteiger charge is -2.18. The molecule has 0 radical (unpaired) electrons. The van der Waals surface area contributed by atoms with Gasteiger partial charge in [0.05, 0.1) is 4.90 Å². The Morgan fingerprint density at radius 2 is 1.54 bits per heavy atom. The summed E-state index contributed by atoms with van der Waals surface area (Å²) >= 11 is 0. The molecule has 0 aliphatic heterocycles. The van der Waals surface area contributed by atoms with E-state index in [9.17, 15) is 13.2 Å². The first kappa shape index (κ1) is 22.7. The average molecular weight is 485 g/mol. The third-order valence-electron chi connectivity index (χ3n) is 5.99. The number of nitrogens with one attached hydrogen (secondary N) is 2. The zero-order valence-corrected chi connectivity index (χ0v) is 19.7. The molecule has 2 aromatic heterocycles. The van der Waals surface area contributed by atoms with Crippen molar-refractivity contribution in [2.45, 2.75) is 16.6 Å². The molecule has 0 aliphatic carbocycles. The average Bonchev–Trinajstić information content (AvgIpc) is 3.53. The Balaban J connectivity index is 1.33. The number of H-pyrrole nitrogens is 1. The smallest absolute Gasteiger partial charge is 0.287 e. The Labute approximate surface area is 203 Å². The van der Waals surface area contributed by atoms with Crippen molar-refractivity contribution in [2.75, 3.05) is 6.54 Å². The number of carbonyl (C=O) groups is 1. The maximum absolute atomic E-state index is 12.9. The van der Waals surface area contributed by atoms with Gasteiger partial charge in [-0.2, -0.15) is 0 Å². The maximum atomic E-state index is 12.9. The molecule has 6 nitrogen and oxygen atoms in total. The molecule has 2 N–H and O–H groups in total. The molecule has 2 heterocycles.